The maximum absolute atomic E-state index is 12.5. The third kappa shape index (κ3) is 4.45. The zero-order chi connectivity index (χ0) is 17.0. The normalized spacial score (nSPS) is 15.1. The van der Waals surface area contributed by atoms with E-state index in [1.54, 1.807) is 23.1 Å². The van der Waals surface area contributed by atoms with Gasteiger partial charge < -0.3 is 15.3 Å². The van der Waals surface area contributed by atoms with Gasteiger partial charge in [0.2, 0.25) is 5.91 Å². The Morgan fingerprint density at radius 2 is 2.17 bits per heavy atom. The van der Waals surface area contributed by atoms with Gasteiger partial charge in [0.15, 0.2) is 0 Å². The summed E-state index contributed by atoms with van der Waals surface area (Å²) >= 11 is 6.04. The number of carbonyl (C=O) groups is 2. The standard InChI is InChI=1S/C17H23ClN2O3/c1-17(2,7-9-21)11-19-16(23)13-6-5-12(18)10-14(13)20-8-3-4-15(20)22/h5-6,10,21H,3-4,7-9,11H2,1-2H3,(H,19,23). The number of aliphatic hydroxyl groups excluding tert-OH is 1. The molecule has 0 unspecified atom stereocenters. The van der Waals surface area contributed by atoms with Crippen LogP contribution in [0.5, 0.6) is 0 Å². The van der Waals surface area contributed by atoms with E-state index in [1.807, 2.05) is 13.8 Å². The number of hydrogen-bond donors (Lipinski definition) is 2. The van der Waals surface area contributed by atoms with Crippen LogP contribution in [0.3, 0.4) is 0 Å². The fraction of sp³-hybridized carbons (Fsp3) is 0.529. The number of halogens is 1. The third-order valence-electron chi connectivity index (χ3n) is 4.08. The van der Waals surface area contributed by atoms with Crippen LogP contribution in [0.2, 0.25) is 5.02 Å². The Kier molecular flexibility index (Phi) is 5.65. The van der Waals surface area contributed by atoms with Gasteiger partial charge in [-0.1, -0.05) is 25.4 Å². The van der Waals surface area contributed by atoms with Crippen LogP contribution in [0.1, 0.15) is 43.5 Å². The summed E-state index contributed by atoms with van der Waals surface area (Å²) in [7, 11) is 0. The summed E-state index contributed by atoms with van der Waals surface area (Å²) in [5.41, 5.74) is 0.822. The molecule has 0 bridgehead atoms. The fourth-order valence-corrected chi connectivity index (χ4v) is 2.80. The highest BCUT2D eigenvalue weighted by atomic mass is 35.5. The number of aliphatic hydroxyl groups is 1. The lowest BCUT2D eigenvalue weighted by Crippen LogP contribution is -2.36. The Labute approximate surface area is 141 Å². The monoisotopic (exact) mass is 338 g/mol. The highest BCUT2D eigenvalue weighted by Crippen LogP contribution is 2.29. The lowest BCUT2D eigenvalue weighted by Gasteiger charge is -2.25. The first-order valence-electron chi connectivity index (χ1n) is 7.83. The molecule has 6 heteroatoms. The first-order chi connectivity index (χ1) is 10.8. The maximum Gasteiger partial charge on any atom is 0.253 e. The molecular weight excluding hydrogens is 316 g/mol. The van der Waals surface area contributed by atoms with Gasteiger partial charge in [-0.15, -0.1) is 0 Å². The average molecular weight is 339 g/mol. The molecule has 1 saturated heterocycles. The smallest absolute Gasteiger partial charge is 0.253 e. The summed E-state index contributed by atoms with van der Waals surface area (Å²) < 4.78 is 0. The number of anilines is 1. The number of carbonyl (C=O) groups excluding carboxylic acids is 2. The molecule has 0 aromatic heterocycles. The second-order valence-corrected chi connectivity index (χ2v) is 7.07. The molecule has 1 aliphatic heterocycles. The Balaban J connectivity index is 2.18. The molecule has 0 atom stereocenters. The van der Waals surface area contributed by atoms with Crippen LogP contribution in [0.25, 0.3) is 0 Å². The Morgan fingerprint density at radius 1 is 1.43 bits per heavy atom. The van der Waals surface area contributed by atoms with Crippen LogP contribution in [-0.4, -0.2) is 36.6 Å². The highest BCUT2D eigenvalue weighted by molar-refractivity contribution is 6.31. The van der Waals surface area contributed by atoms with Gasteiger partial charge in [0, 0.05) is 31.1 Å². The Morgan fingerprint density at radius 3 is 2.78 bits per heavy atom. The number of hydrogen-bond acceptors (Lipinski definition) is 3. The van der Waals surface area contributed by atoms with E-state index in [-0.39, 0.29) is 23.8 Å². The molecule has 5 nitrogen and oxygen atoms in total. The maximum atomic E-state index is 12.5. The molecule has 1 fully saturated rings. The lowest BCUT2D eigenvalue weighted by atomic mass is 9.89. The largest absolute Gasteiger partial charge is 0.396 e. The predicted octanol–water partition coefficient (Wildman–Crippen LogP) is 2.61. The molecule has 1 aliphatic rings. The zero-order valence-electron chi connectivity index (χ0n) is 13.6. The van der Waals surface area contributed by atoms with Gasteiger partial charge in [0.1, 0.15) is 0 Å². The van der Waals surface area contributed by atoms with E-state index in [2.05, 4.69) is 5.32 Å². The number of nitrogens with one attached hydrogen (secondary N) is 1. The van der Waals surface area contributed by atoms with Crippen molar-refractivity contribution in [3.63, 3.8) is 0 Å². The van der Waals surface area contributed by atoms with Crippen LogP contribution in [0.4, 0.5) is 5.69 Å². The summed E-state index contributed by atoms with van der Waals surface area (Å²) in [4.78, 5) is 26.1. The zero-order valence-corrected chi connectivity index (χ0v) is 14.3. The van der Waals surface area contributed by atoms with Crippen molar-refractivity contribution in [2.24, 2.45) is 5.41 Å². The first kappa shape index (κ1) is 17.8. The second-order valence-electron chi connectivity index (χ2n) is 6.63. The van der Waals surface area contributed by atoms with Gasteiger partial charge in [-0.25, -0.2) is 0 Å². The van der Waals surface area contributed by atoms with Gasteiger partial charge in [-0.3, -0.25) is 9.59 Å². The van der Waals surface area contributed by atoms with Gasteiger partial charge in [0.25, 0.3) is 5.91 Å². The van der Waals surface area contributed by atoms with Crippen molar-refractivity contribution in [3.8, 4) is 0 Å². The Bertz CT molecular complexity index is 602. The number of amides is 2. The topological polar surface area (TPSA) is 69.6 Å². The van der Waals surface area contributed by atoms with E-state index in [4.69, 9.17) is 16.7 Å². The number of nitrogens with zero attached hydrogens (tertiary/aromatic N) is 1. The summed E-state index contributed by atoms with van der Waals surface area (Å²) in [6.45, 7) is 5.10. The molecule has 2 amide bonds. The Hall–Kier alpha value is -1.59. The minimum absolute atomic E-state index is 0.0157. The van der Waals surface area contributed by atoms with Crippen molar-refractivity contribution >= 4 is 29.1 Å². The lowest BCUT2D eigenvalue weighted by molar-refractivity contribution is -0.117. The van der Waals surface area contributed by atoms with Gasteiger partial charge >= 0.3 is 0 Å². The van der Waals surface area contributed by atoms with E-state index in [0.29, 0.717) is 42.2 Å². The van der Waals surface area contributed by atoms with Crippen LogP contribution < -0.4 is 10.2 Å². The van der Waals surface area contributed by atoms with E-state index in [1.165, 1.54) is 0 Å². The first-order valence-corrected chi connectivity index (χ1v) is 8.21. The van der Waals surface area contributed by atoms with Crippen molar-refractivity contribution in [2.45, 2.75) is 33.1 Å². The summed E-state index contributed by atoms with van der Waals surface area (Å²) in [5.74, 6) is -0.218. The van der Waals surface area contributed by atoms with E-state index in [0.717, 1.165) is 6.42 Å². The summed E-state index contributed by atoms with van der Waals surface area (Å²) in [5, 5.41) is 12.4. The van der Waals surface area contributed by atoms with Crippen LogP contribution in [0, 0.1) is 5.41 Å². The van der Waals surface area contributed by atoms with Crippen LogP contribution >= 0.6 is 11.6 Å². The summed E-state index contributed by atoms with van der Waals surface area (Å²) in [6.07, 6.45) is 1.89. The van der Waals surface area contributed by atoms with Gasteiger partial charge in [-0.2, -0.15) is 0 Å². The molecule has 126 valence electrons. The van der Waals surface area contributed by atoms with Gasteiger partial charge in [0.05, 0.1) is 11.3 Å². The van der Waals surface area contributed by atoms with Crippen LogP contribution in [0.15, 0.2) is 18.2 Å². The molecule has 1 aromatic rings. The van der Waals surface area contributed by atoms with E-state index < -0.39 is 0 Å². The highest BCUT2D eigenvalue weighted by Gasteiger charge is 2.27. The molecule has 2 rings (SSSR count). The van der Waals surface area contributed by atoms with Crippen molar-refractivity contribution in [1.29, 1.82) is 0 Å². The molecule has 2 N–H and O–H groups in total. The summed E-state index contributed by atoms with van der Waals surface area (Å²) in [6, 6.07) is 4.97. The molecule has 0 radical (unpaired) electrons. The van der Waals surface area contributed by atoms with Crippen molar-refractivity contribution in [1.82, 2.24) is 5.32 Å². The molecular formula is C17H23ClN2O3. The van der Waals surface area contributed by atoms with Crippen molar-refractivity contribution < 1.29 is 14.7 Å². The minimum Gasteiger partial charge on any atom is -0.396 e. The van der Waals surface area contributed by atoms with Crippen molar-refractivity contribution in [3.05, 3.63) is 28.8 Å². The third-order valence-corrected chi connectivity index (χ3v) is 4.32. The molecule has 0 spiro atoms. The fourth-order valence-electron chi connectivity index (χ4n) is 2.63. The SMILES string of the molecule is CC(C)(CCO)CNC(=O)c1ccc(Cl)cc1N1CCCC1=O. The minimum atomic E-state index is -0.234. The quantitative estimate of drug-likeness (QED) is 0.837. The van der Waals surface area contributed by atoms with E-state index in [9.17, 15) is 9.59 Å². The molecule has 0 aliphatic carbocycles. The second kappa shape index (κ2) is 7.32. The molecule has 1 aromatic carbocycles. The molecule has 1 heterocycles. The molecule has 0 saturated carbocycles. The predicted molar refractivity (Wildman–Crippen MR) is 90.9 cm³/mol. The van der Waals surface area contributed by atoms with E-state index >= 15 is 0 Å². The number of benzene rings is 1. The van der Waals surface area contributed by atoms with Crippen molar-refractivity contribution in [2.75, 3.05) is 24.6 Å². The van der Waals surface area contributed by atoms with Gasteiger partial charge in [-0.05, 0) is 36.5 Å². The van der Waals surface area contributed by atoms with Crippen LogP contribution in [-0.2, 0) is 4.79 Å². The average Bonchev–Trinajstić information content (AvgIpc) is 2.91. The number of rotatable bonds is 6. The molecule has 23 heavy (non-hydrogen) atoms.